The van der Waals surface area contributed by atoms with Crippen LogP contribution < -0.4 is 5.32 Å². The van der Waals surface area contributed by atoms with E-state index in [0.29, 0.717) is 0 Å². The van der Waals surface area contributed by atoms with E-state index >= 15 is 0 Å². The van der Waals surface area contributed by atoms with Gasteiger partial charge in [0.25, 0.3) is 0 Å². The zero-order chi connectivity index (χ0) is 10.7. The number of hydrogen-bond donors (Lipinski definition) is 1. The van der Waals surface area contributed by atoms with Crippen molar-refractivity contribution in [3.05, 3.63) is 35.9 Å². The van der Waals surface area contributed by atoms with E-state index in [9.17, 15) is 4.79 Å². The fourth-order valence-electron chi connectivity index (χ4n) is 2.05. The van der Waals surface area contributed by atoms with Gasteiger partial charge in [0, 0.05) is 13.1 Å². The van der Waals surface area contributed by atoms with E-state index in [1.165, 1.54) is 0 Å². The standard InChI is InChI=1S/C12H16N2O/c1-2-14-9-8-13-12(15)11(14)10-6-4-3-5-7-10/h3-7,11H,2,8-9H2,1H3,(H,13,15). The molecule has 1 atom stereocenters. The minimum Gasteiger partial charge on any atom is -0.353 e. The highest BCUT2D eigenvalue weighted by Gasteiger charge is 2.29. The predicted molar refractivity (Wildman–Crippen MR) is 59.4 cm³/mol. The van der Waals surface area contributed by atoms with Crippen molar-refractivity contribution < 1.29 is 4.79 Å². The molecule has 0 bridgehead atoms. The molecule has 1 unspecified atom stereocenters. The quantitative estimate of drug-likeness (QED) is 0.784. The van der Waals surface area contributed by atoms with Gasteiger partial charge in [0.2, 0.25) is 5.91 Å². The van der Waals surface area contributed by atoms with Gasteiger partial charge in [-0.05, 0) is 12.1 Å². The molecule has 1 aliphatic rings. The van der Waals surface area contributed by atoms with E-state index in [1.54, 1.807) is 0 Å². The lowest BCUT2D eigenvalue weighted by Gasteiger charge is -2.34. The molecule has 1 amide bonds. The molecule has 3 heteroatoms. The second-order valence-corrected chi connectivity index (χ2v) is 3.73. The molecule has 0 aliphatic carbocycles. The predicted octanol–water partition coefficient (Wildman–Crippen LogP) is 1.18. The number of piperazine rings is 1. The van der Waals surface area contributed by atoms with E-state index in [-0.39, 0.29) is 11.9 Å². The van der Waals surface area contributed by atoms with Crippen molar-refractivity contribution in [2.45, 2.75) is 13.0 Å². The Morgan fingerprint density at radius 3 is 2.80 bits per heavy atom. The average Bonchev–Trinajstić information content (AvgIpc) is 2.29. The maximum atomic E-state index is 11.8. The Balaban J connectivity index is 2.27. The highest BCUT2D eigenvalue weighted by Crippen LogP contribution is 2.22. The number of likely N-dealkylation sites (N-methyl/N-ethyl adjacent to an activating group) is 1. The van der Waals surface area contributed by atoms with E-state index in [4.69, 9.17) is 0 Å². The third-order valence-electron chi connectivity index (χ3n) is 2.83. The van der Waals surface area contributed by atoms with Gasteiger partial charge in [-0.2, -0.15) is 0 Å². The largest absolute Gasteiger partial charge is 0.353 e. The number of benzene rings is 1. The summed E-state index contributed by atoms with van der Waals surface area (Å²) in [6.07, 6.45) is 0. The summed E-state index contributed by atoms with van der Waals surface area (Å²) in [7, 11) is 0. The van der Waals surface area contributed by atoms with Crippen molar-refractivity contribution in [2.75, 3.05) is 19.6 Å². The number of carbonyl (C=O) groups is 1. The minimum absolute atomic E-state index is 0.107. The molecular weight excluding hydrogens is 188 g/mol. The van der Waals surface area contributed by atoms with Crippen LogP contribution in [0.3, 0.4) is 0 Å². The minimum atomic E-state index is -0.107. The second kappa shape index (κ2) is 4.45. The van der Waals surface area contributed by atoms with Gasteiger partial charge in [-0.3, -0.25) is 9.69 Å². The summed E-state index contributed by atoms with van der Waals surface area (Å²) in [6.45, 7) is 4.69. The van der Waals surface area contributed by atoms with Gasteiger partial charge in [0.15, 0.2) is 0 Å². The van der Waals surface area contributed by atoms with E-state index in [0.717, 1.165) is 25.2 Å². The first-order chi connectivity index (χ1) is 7.33. The Morgan fingerprint density at radius 2 is 2.13 bits per heavy atom. The highest BCUT2D eigenvalue weighted by atomic mass is 16.2. The van der Waals surface area contributed by atoms with Gasteiger partial charge in [-0.1, -0.05) is 37.3 Å². The van der Waals surface area contributed by atoms with Gasteiger partial charge >= 0.3 is 0 Å². The second-order valence-electron chi connectivity index (χ2n) is 3.73. The Morgan fingerprint density at radius 1 is 1.40 bits per heavy atom. The van der Waals surface area contributed by atoms with E-state index in [2.05, 4.69) is 17.1 Å². The van der Waals surface area contributed by atoms with Crippen molar-refractivity contribution in [3.8, 4) is 0 Å². The molecule has 0 spiro atoms. The molecular formula is C12H16N2O. The third kappa shape index (κ3) is 2.02. The SMILES string of the molecule is CCN1CCNC(=O)C1c1ccccc1. The van der Waals surface area contributed by atoms with Crippen LogP contribution in [0.15, 0.2) is 30.3 Å². The molecule has 1 fully saturated rings. The number of amides is 1. The van der Waals surface area contributed by atoms with Crippen LogP contribution in [0.2, 0.25) is 0 Å². The first-order valence-corrected chi connectivity index (χ1v) is 5.39. The number of nitrogens with zero attached hydrogens (tertiary/aromatic N) is 1. The lowest BCUT2D eigenvalue weighted by atomic mass is 10.0. The lowest BCUT2D eigenvalue weighted by molar-refractivity contribution is -0.129. The van der Waals surface area contributed by atoms with Crippen LogP contribution in [-0.2, 0) is 4.79 Å². The van der Waals surface area contributed by atoms with Crippen LogP contribution in [-0.4, -0.2) is 30.4 Å². The Hall–Kier alpha value is -1.35. The smallest absolute Gasteiger partial charge is 0.242 e. The lowest BCUT2D eigenvalue weighted by Crippen LogP contribution is -2.49. The van der Waals surface area contributed by atoms with Crippen molar-refractivity contribution >= 4 is 5.91 Å². The van der Waals surface area contributed by atoms with Crippen LogP contribution in [0, 0.1) is 0 Å². The molecule has 0 aromatic heterocycles. The van der Waals surface area contributed by atoms with Gasteiger partial charge in [-0.25, -0.2) is 0 Å². The van der Waals surface area contributed by atoms with Crippen LogP contribution >= 0.6 is 0 Å². The van der Waals surface area contributed by atoms with Crippen LogP contribution in [0.5, 0.6) is 0 Å². The summed E-state index contributed by atoms with van der Waals surface area (Å²) >= 11 is 0. The highest BCUT2D eigenvalue weighted by molar-refractivity contribution is 5.83. The monoisotopic (exact) mass is 204 g/mol. The summed E-state index contributed by atoms with van der Waals surface area (Å²) in [5, 5.41) is 2.91. The Bertz CT molecular complexity index is 337. The topological polar surface area (TPSA) is 32.3 Å². The molecule has 15 heavy (non-hydrogen) atoms. The maximum absolute atomic E-state index is 11.8. The summed E-state index contributed by atoms with van der Waals surface area (Å²) in [4.78, 5) is 14.0. The average molecular weight is 204 g/mol. The zero-order valence-corrected chi connectivity index (χ0v) is 8.94. The number of rotatable bonds is 2. The maximum Gasteiger partial charge on any atom is 0.242 e. The number of carbonyl (C=O) groups excluding carboxylic acids is 1. The van der Waals surface area contributed by atoms with Gasteiger partial charge in [0.1, 0.15) is 6.04 Å². The van der Waals surface area contributed by atoms with Gasteiger partial charge < -0.3 is 5.32 Å². The molecule has 2 rings (SSSR count). The Labute approximate surface area is 90.1 Å². The molecule has 1 aliphatic heterocycles. The number of nitrogens with one attached hydrogen (secondary N) is 1. The fraction of sp³-hybridized carbons (Fsp3) is 0.417. The molecule has 1 aromatic rings. The van der Waals surface area contributed by atoms with Crippen LogP contribution in [0.4, 0.5) is 0 Å². The summed E-state index contributed by atoms with van der Waals surface area (Å²) in [5.41, 5.74) is 1.08. The normalized spacial score (nSPS) is 22.5. The molecule has 80 valence electrons. The first kappa shape index (κ1) is 10.2. The van der Waals surface area contributed by atoms with Crippen molar-refractivity contribution in [2.24, 2.45) is 0 Å². The first-order valence-electron chi connectivity index (χ1n) is 5.39. The van der Waals surface area contributed by atoms with Crippen molar-refractivity contribution in [1.29, 1.82) is 0 Å². The molecule has 1 aromatic carbocycles. The summed E-state index contributed by atoms with van der Waals surface area (Å²) < 4.78 is 0. The zero-order valence-electron chi connectivity index (χ0n) is 8.94. The van der Waals surface area contributed by atoms with Gasteiger partial charge in [0.05, 0.1) is 0 Å². The molecule has 0 radical (unpaired) electrons. The van der Waals surface area contributed by atoms with E-state index in [1.807, 2.05) is 30.3 Å². The van der Waals surface area contributed by atoms with Gasteiger partial charge in [-0.15, -0.1) is 0 Å². The van der Waals surface area contributed by atoms with Crippen molar-refractivity contribution in [1.82, 2.24) is 10.2 Å². The van der Waals surface area contributed by atoms with Crippen LogP contribution in [0.1, 0.15) is 18.5 Å². The molecule has 3 nitrogen and oxygen atoms in total. The summed E-state index contributed by atoms with van der Waals surface area (Å²) in [5.74, 6) is 0.120. The molecule has 1 N–H and O–H groups in total. The van der Waals surface area contributed by atoms with E-state index < -0.39 is 0 Å². The Kier molecular flexibility index (Phi) is 3.02. The summed E-state index contributed by atoms with van der Waals surface area (Å²) in [6, 6.07) is 9.84. The number of hydrogen-bond acceptors (Lipinski definition) is 2. The molecule has 1 heterocycles. The third-order valence-corrected chi connectivity index (χ3v) is 2.83. The van der Waals surface area contributed by atoms with Crippen LogP contribution in [0.25, 0.3) is 0 Å². The van der Waals surface area contributed by atoms with Crippen molar-refractivity contribution in [3.63, 3.8) is 0 Å². The molecule has 0 saturated carbocycles. The fourth-order valence-corrected chi connectivity index (χ4v) is 2.05. The molecule has 1 saturated heterocycles.